The second-order valence-corrected chi connectivity index (χ2v) is 9.08. The highest BCUT2D eigenvalue weighted by molar-refractivity contribution is 6.46. The van der Waals surface area contributed by atoms with E-state index in [2.05, 4.69) is 0 Å². The van der Waals surface area contributed by atoms with E-state index in [9.17, 15) is 14.7 Å². The van der Waals surface area contributed by atoms with Gasteiger partial charge in [0.1, 0.15) is 11.5 Å². The molecule has 3 aromatic carbocycles. The number of carbonyl (C=O) groups excluding carboxylic acids is 2. The lowest BCUT2D eigenvalue weighted by Crippen LogP contribution is -2.31. The summed E-state index contributed by atoms with van der Waals surface area (Å²) >= 11 is 6.36. The molecule has 192 valence electrons. The fourth-order valence-corrected chi connectivity index (χ4v) is 4.99. The molecule has 37 heavy (non-hydrogen) atoms. The molecule has 1 aliphatic heterocycles. The number of ether oxygens (including phenoxy) is 3. The number of hydrogen-bond acceptors (Lipinski definition) is 6. The summed E-state index contributed by atoms with van der Waals surface area (Å²) < 4.78 is 16.1. The van der Waals surface area contributed by atoms with Crippen LogP contribution < -0.4 is 14.2 Å². The Kier molecular flexibility index (Phi) is 7.74. The minimum absolute atomic E-state index is 0.0107. The number of amides is 1. The lowest BCUT2D eigenvalue weighted by Gasteiger charge is -2.25. The number of aliphatic hydroxyl groups is 1. The summed E-state index contributed by atoms with van der Waals surface area (Å²) in [6.45, 7) is 2.06. The number of aryl methyl sites for hydroxylation is 1. The van der Waals surface area contributed by atoms with Gasteiger partial charge < -0.3 is 24.2 Å². The second kappa shape index (κ2) is 11.0. The van der Waals surface area contributed by atoms with Crippen molar-refractivity contribution in [3.05, 3.63) is 93.5 Å². The zero-order valence-corrected chi connectivity index (χ0v) is 21.8. The topological polar surface area (TPSA) is 85.3 Å². The molecule has 1 amide bonds. The van der Waals surface area contributed by atoms with E-state index >= 15 is 0 Å². The Balaban J connectivity index is 1.79. The Labute approximate surface area is 220 Å². The number of benzene rings is 3. The monoisotopic (exact) mass is 521 g/mol. The van der Waals surface area contributed by atoms with E-state index in [1.807, 2.05) is 49.4 Å². The van der Waals surface area contributed by atoms with Crippen LogP contribution in [0.25, 0.3) is 5.76 Å². The van der Waals surface area contributed by atoms with Crippen molar-refractivity contribution < 1.29 is 28.9 Å². The Hall–Kier alpha value is -3.97. The summed E-state index contributed by atoms with van der Waals surface area (Å²) in [6.07, 6.45) is 0.455. The van der Waals surface area contributed by atoms with E-state index in [0.717, 1.165) is 11.1 Å². The predicted molar refractivity (Wildman–Crippen MR) is 141 cm³/mol. The van der Waals surface area contributed by atoms with Crippen LogP contribution in [0.5, 0.6) is 17.2 Å². The number of aliphatic hydroxyl groups excluding tert-OH is 1. The highest BCUT2D eigenvalue weighted by Gasteiger charge is 2.46. The van der Waals surface area contributed by atoms with Crippen molar-refractivity contribution in [1.82, 2.24) is 4.90 Å². The van der Waals surface area contributed by atoms with Gasteiger partial charge in [0.15, 0.2) is 11.5 Å². The summed E-state index contributed by atoms with van der Waals surface area (Å²) in [6, 6.07) is 17.3. The minimum atomic E-state index is -0.787. The third kappa shape index (κ3) is 5.00. The Morgan fingerprint density at radius 2 is 1.65 bits per heavy atom. The second-order valence-electron chi connectivity index (χ2n) is 8.67. The number of ketones is 1. The molecule has 0 aliphatic carbocycles. The van der Waals surface area contributed by atoms with Gasteiger partial charge in [-0.25, -0.2) is 0 Å². The number of Topliss-reactive ketones (excluding diaryl/α,β-unsaturated/α-hetero) is 1. The zero-order valence-electron chi connectivity index (χ0n) is 21.1. The summed E-state index contributed by atoms with van der Waals surface area (Å²) in [5.41, 5.74) is 2.62. The van der Waals surface area contributed by atoms with Gasteiger partial charge in [-0.05, 0) is 54.3 Å². The van der Waals surface area contributed by atoms with Gasteiger partial charge in [0.25, 0.3) is 11.7 Å². The molecule has 1 heterocycles. The average molecular weight is 522 g/mol. The largest absolute Gasteiger partial charge is 0.507 e. The van der Waals surface area contributed by atoms with Gasteiger partial charge in [-0.2, -0.15) is 0 Å². The van der Waals surface area contributed by atoms with Crippen LogP contribution in [0.1, 0.15) is 28.3 Å². The number of rotatable bonds is 8. The van der Waals surface area contributed by atoms with Gasteiger partial charge in [0, 0.05) is 6.54 Å². The molecule has 8 heteroatoms. The zero-order chi connectivity index (χ0) is 26.7. The third-order valence-electron chi connectivity index (χ3n) is 6.39. The average Bonchev–Trinajstić information content (AvgIpc) is 3.16. The molecule has 1 fully saturated rings. The molecule has 3 aromatic rings. The van der Waals surface area contributed by atoms with Crippen molar-refractivity contribution in [2.24, 2.45) is 0 Å². The standard InChI is InChI=1S/C29H28ClNO6/c1-17-14-20(28(37-4)21(30)15-17)26(32)24-25(19-8-6-5-7-9-19)31(29(34)27(24)33)13-12-18-10-11-22(35-2)23(16-18)36-3/h5-11,14-16,25,32H,12-13H2,1-4H3/b26-24+. The number of likely N-dealkylation sites (tertiary alicyclic amines) is 1. The maximum atomic E-state index is 13.4. The van der Waals surface area contributed by atoms with Gasteiger partial charge in [0.05, 0.1) is 43.5 Å². The first-order valence-electron chi connectivity index (χ1n) is 11.7. The first-order chi connectivity index (χ1) is 17.8. The number of nitrogens with zero attached hydrogens (tertiary/aromatic N) is 1. The molecule has 1 N–H and O–H groups in total. The van der Waals surface area contributed by atoms with Crippen LogP contribution in [0.15, 0.2) is 66.2 Å². The van der Waals surface area contributed by atoms with Crippen molar-refractivity contribution in [1.29, 1.82) is 0 Å². The summed E-state index contributed by atoms with van der Waals surface area (Å²) in [5.74, 6) is -0.379. The van der Waals surface area contributed by atoms with E-state index in [-0.39, 0.29) is 29.2 Å². The molecule has 0 saturated carbocycles. The van der Waals surface area contributed by atoms with E-state index in [4.69, 9.17) is 25.8 Å². The Bertz CT molecular complexity index is 1370. The number of carbonyl (C=O) groups is 2. The predicted octanol–water partition coefficient (Wildman–Crippen LogP) is 5.34. The summed E-state index contributed by atoms with van der Waals surface area (Å²) in [5, 5.41) is 11.7. The van der Waals surface area contributed by atoms with Crippen molar-refractivity contribution in [3.63, 3.8) is 0 Å². The van der Waals surface area contributed by atoms with Crippen LogP contribution in [0.4, 0.5) is 0 Å². The van der Waals surface area contributed by atoms with Crippen molar-refractivity contribution in [3.8, 4) is 17.2 Å². The first kappa shape index (κ1) is 26.1. The molecule has 1 atom stereocenters. The van der Waals surface area contributed by atoms with Crippen LogP contribution in [0.2, 0.25) is 5.02 Å². The lowest BCUT2D eigenvalue weighted by atomic mass is 9.94. The number of halogens is 1. The molecule has 4 rings (SSSR count). The van der Waals surface area contributed by atoms with Crippen molar-refractivity contribution in [2.75, 3.05) is 27.9 Å². The SMILES string of the molecule is COc1ccc(CCN2C(=O)C(=O)/C(=C(/O)c3cc(C)cc(Cl)c3OC)C2c2ccccc2)cc1OC. The summed E-state index contributed by atoms with van der Waals surface area (Å²) in [7, 11) is 4.55. The van der Waals surface area contributed by atoms with Gasteiger partial charge >= 0.3 is 0 Å². The van der Waals surface area contributed by atoms with Gasteiger partial charge in [-0.3, -0.25) is 9.59 Å². The number of hydrogen-bond donors (Lipinski definition) is 1. The summed E-state index contributed by atoms with van der Waals surface area (Å²) in [4.78, 5) is 28.1. The van der Waals surface area contributed by atoms with Gasteiger partial charge in [0.2, 0.25) is 0 Å². The molecule has 7 nitrogen and oxygen atoms in total. The highest BCUT2D eigenvalue weighted by atomic mass is 35.5. The number of methoxy groups -OCH3 is 3. The van der Waals surface area contributed by atoms with E-state index < -0.39 is 17.7 Å². The quantitative estimate of drug-likeness (QED) is 0.245. The lowest BCUT2D eigenvalue weighted by molar-refractivity contribution is -0.139. The molecular weight excluding hydrogens is 494 g/mol. The van der Waals surface area contributed by atoms with Crippen LogP contribution in [0.3, 0.4) is 0 Å². The molecule has 0 bridgehead atoms. The highest BCUT2D eigenvalue weighted by Crippen LogP contribution is 2.42. The maximum absolute atomic E-state index is 13.4. The molecule has 1 aliphatic rings. The van der Waals surface area contributed by atoms with Gasteiger partial charge in [-0.15, -0.1) is 0 Å². The molecule has 0 radical (unpaired) electrons. The molecular formula is C29H28ClNO6. The third-order valence-corrected chi connectivity index (χ3v) is 6.67. The molecule has 1 unspecified atom stereocenters. The molecule has 0 aromatic heterocycles. The first-order valence-corrected chi connectivity index (χ1v) is 12.1. The fraction of sp³-hybridized carbons (Fsp3) is 0.241. The van der Waals surface area contributed by atoms with Crippen LogP contribution >= 0.6 is 11.6 Å². The maximum Gasteiger partial charge on any atom is 0.295 e. The molecule has 1 saturated heterocycles. The van der Waals surface area contributed by atoms with Gasteiger partial charge in [-0.1, -0.05) is 48.0 Å². The van der Waals surface area contributed by atoms with E-state index in [0.29, 0.717) is 28.5 Å². The fourth-order valence-electron chi connectivity index (χ4n) is 4.64. The van der Waals surface area contributed by atoms with E-state index in [1.165, 1.54) is 12.0 Å². The van der Waals surface area contributed by atoms with Crippen molar-refractivity contribution in [2.45, 2.75) is 19.4 Å². The van der Waals surface area contributed by atoms with E-state index in [1.54, 1.807) is 32.4 Å². The smallest absolute Gasteiger partial charge is 0.295 e. The van der Waals surface area contributed by atoms with Crippen LogP contribution in [-0.2, 0) is 16.0 Å². The molecule has 0 spiro atoms. The minimum Gasteiger partial charge on any atom is -0.507 e. The van der Waals surface area contributed by atoms with Crippen molar-refractivity contribution >= 4 is 29.1 Å². The normalized spacial score (nSPS) is 16.7. The Morgan fingerprint density at radius 3 is 2.30 bits per heavy atom. The van der Waals surface area contributed by atoms with Crippen LogP contribution in [-0.4, -0.2) is 49.6 Å². The van der Waals surface area contributed by atoms with Crippen LogP contribution in [0, 0.1) is 6.92 Å². The Morgan fingerprint density at radius 1 is 0.946 bits per heavy atom.